The summed E-state index contributed by atoms with van der Waals surface area (Å²) < 4.78 is 17.9. The van der Waals surface area contributed by atoms with Gasteiger partial charge in [-0.1, -0.05) is 12.1 Å². The van der Waals surface area contributed by atoms with Crippen LogP contribution in [0.4, 0.5) is 4.39 Å². The standard InChI is InChI=1S/C16H17FN2O3/c1-10-14(16(21)19-11(2)18-10)7-8-15(20)22-9-12-3-5-13(17)6-4-12/h3-6H,7-9H2,1-2H3,(H,18,19,21). The first-order chi connectivity index (χ1) is 10.5. The average Bonchev–Trinajstić information content (AvgIpc) is 2.45. The summed E-state index contributed by atoms with van der Waals surface area (Å²) in [5, 5.41) is 0. The van der Waals surface area contributed by atoms with Crippen molar-refractivity contribution in [1.29, 1.82) is 0 Å². The zero-order chi connectivity index (χ0) is 16.1. The molecule has 0 spiro atoms. The van der Waals surface area contributed by atoms with Gasteiger partial charge < -0.3 is 9.72 Å². The average molecular weight is 304 g/mol. The van der Waals surface area contributed by atoms with Crippen LogP contribution in [-0.2, 0) is 22.6 Å². The maximum Gasteiger partial charge on any atom is 0.306 e. The molecule has 0 fully saturated rings. The Morgan fingerprint density at radius 3 is 2.59 bits per heavy atom. The van der Waals surface area contributed by atoms with E-state index in [9.17, 15) is 14.0 Å². The first kappa shape index (κ1) is 15.9. The Bertz CT molecular complexity index is 723. The maximum atomic E-state index is 12.8. The van der Waals surface area contributed by atoms with Crippen molar-refractivity contribution in [3.8, 4) is 0 Å². The third kappa shape index (κ3) is 4.25. The molecule has 1 heterocycles. The van der Waals surface area contributed by atoms with Gasteiger partial charge in [-0.3, -0.25) is 9.59 Å². The van der Waals surface area contributed by atoms with Crippen LogP contribution in [0.5, 0.6) is 0 Å². The second-order valence-corrected chi connectivity index (χ2v) is 5.00. The van der Waals surface area contributed by atoms with Gasteiger partial charge in [-0.2, -0.15) is 0 Å². The molecule has 0 amide bonds. The number of carbonyl (C=O) groups is 1. The number of H-pyrrole nitrogens is 1. The van der Waals surface area contributed by atoms with E-state index in [1.165, 1.54) is 12.1 Å². The van der Waals surface area contributed by atoms with Gasteiger partial charge in [0.15, 0.2) is 0 Å². The molecule has 22 heavy (non-hydrogen) atoms. The normalized spacial score (nSPS) is 10.5. The summed E-state index contributed by atoms with van der Waals surface area (Å²) in [6, 6.07) is 5.73. The molecule has 0 aliphatic carbocycles. The van der Waals surface area contributed by atoms with E-state index in [2.05, 4.69) is 9.97 Å². The molecular weight excluding hydrogens is 287 g/mol. The Morgan fingerprint density at radius 2 is 1.95 bits per heavy atom. The summed E-state index contributed by atoms with van der Waals surface area (Å²) in [6.45, 7) is 3.52. The Morgan fingerprint density at radius 1 is 1.27 bits per heavy atom. The van der Waals surface area contributed by atoms with Crippen molar-refractivity contribution in [2.45, 2.75) is 33.3 Å². The maximum absolute atomic E-state index is 12.8. The van der Waals surface area contributed by atoms with E-state index < -0.39 is 5.97 Å². The van der Waals surface area contributed by atoms with Crippen LogP contribution >= 0.6 is 0 Å². The number of aromatic nitrogens is 2. The van der Waals surface area contributed by atoms with Gasteiger partial charge in [0.25, 0.3) is 5.56 Å². The summed E-state index contributed by atoms with van der Waals surface area (Å²) >= 11 is 0. The lowest BCUT2D eigenvalue weighted by Gasteiger charge is -2.06. The number of nitrogens with one attached hydrogen (secondary N) is 1. The van der Waals surface area contributed by atoms with Gasteiger partial charge in [0.2, 0.25) is 0 Å². The largest absolute Gasteiger partial charge is 0.461 e. The molecule has 0 unspecified atom stereocenters. The third-order valence-corrected chi connectivity index (χ3v) is 3.23. The van der Waals surface area contributed by atoms with Crippen LogP contribution in [0, 0.1) is 19.7 Å². The van der Waals surface area contributed by atoms with Crippen molar-refractivity contribution in [2.75, 3.05) is 0 Å². The lowest BCUT2D eigenvalue weighted by atomic mass is 10.1. The monoisotopic (exact) mass is 304 g/mol. The fraction of sp³-hybridized carbons (Fsp3) is 0.312. The molecule has 5 nitrogen and oxygen atoms in total. The van der Waals surface area contributed by atoms with Crippen molar-refractivity contribution in [3.05, 3.63) is 63.1 Å². The van der Waals surface area contributed by atoms with Crippen molar-refractivity contribution in [2.24, 2.45) is 0 Å². The van der Waals surface area contributed by atoms with Crippen LogP contribution in [0.15, 0.2) is 29.1 Å². The molecule has 0 aliphatic heterocycles. The summed E-state index contributed by atoms with van der Waals surface area (Å²) in [5.74, 6) is -0.203. The summed E-state index contributed by atoms with van der Waals surface area (Å²) in [4.78, 5) is 30.3. The van der Waals surface area contributed by atoms with Gasteiger partial charge in [-0.15, -0.1) is 0 Å². The number of hydrogen-bond acceptors (Lipinski definition) is 4. The SMILES string of the molecule is Cc1nc(C)c(CCC(=O)OCc2ccc(F)cc2)c(=O)[nH]1. The highest BCUT2D eigenvalue weighted by molar-refractivity contribution is 5.69. The third-order valence-electron chi connectivity index (χ3n) is 3.23. The van der Waals surface area contributed by atoms with Gasteiger partial charge in [-0.05, 0) is 38.0 Å². The molecule has 0 aliphatic rings. The van der Waals surface area contributed by atoms with E-state index in [0.717, 1.165) is 0 Å². The van der Waals surface area contributed by atoms with Crippen LogP contribution < -0.4 is 5.56 Å². The van der Waals surface area contributed by atoms with E-state index >= 15 is 0 Å². The smallest absolute Gasteiger partial charge is 0.306 e. The van der Waals surface area contributed by atoms with Crippen LogP contribution in [0.1, 0.15) is 29.1 Å². The Kier molecular flexibility index (Phi) is 5.04. The molecule has 0 radical (unpaired) electrons. The molecule has 0 atom stereocenters. The van der Waals surface area contributed by atoms with Crippen molar-refractivity contribution in [3.63, 3.8) is 0 Å². The minimum absolute atomic E-state index is 0.0839. The number of rotatable bonds is 5. The van der Waals surface area contributed by atoms with E-state index in [4.69, 9.17) is 4.74 Å². The number of halogens is 1. The Labute approximate surface area is 127 Å². The number of aromatic amines is 1. The van der Waals surface area contributed by atoms with Crippen LogP contribution in [0.2, 0.25) is 0 Å². The number of carbonyl (C=O) groups excluding carboxylic acids is 1. The minimum Gasteiger partial charge on any atom is -0.461 e. The Hall–Kier alpha value is -2.50. The van der Waals surface area contributed by atoms with Gasteiger partial charge in [0.05, 0.1) is 0 Å². The van der Waals surface area contributed by atoms with Crippen molar-refractivity contribution in [1.82, 2.24) is 9.97 Å². The predicted octanol–water partition coefficient (Wildman–Crippen LogP) is 2.20. The van der Waals surface area contributed by atoms with Gasteiger partial charge in [0, 0.05) is 17.7 Å². The fourth-order valence-corrected chi connectivity index (χ4v) is 2.09. The van der Waals surface area contributed by atoms with Crippen LogP contribution in [0.3, 0.4) is 0 Å². The van der Waals surface area contributed by atoms with Crippen molar-refractivity contribution < 1.29 is 13.9 Å². The molecule has 0 saturated heterocycles. The predicted molar refractivity (Wildman–Crippen MR) is 78.8 cm³/mol. The van der Waals surface area contributed by atoms with Gasteiger partial charge in [0.1, 0.15) is 18.2 Å². The number of esters is 1. The number of hydrogen-bond donors (Lipinski definition) is 1. The second-order valence-electron chi connectivity index (χ2n) is 5.00. The highest BCUT2D eigenvalue weighted by Crippen LogP contribution is 2.07. The minimum atomic E-state index is -0.413. The quantitative estimate of drug-likeness (QED) is 0.860. The van der Waals surface area contributed by atoms with Gasteiger partial charge in [-0.25, -0.2) is 9.37 Å². The summed E-state index contributed by atoms with van der Waals surface area (Å²) in [6.07, 6.45) is 0.368. The molecule has 1 aromatic heterocycles. The van der Waals surface area contributed by atoms with Crippen molar-refractivity contribution >= 4 is 5.97 Å². The van der Waals surface area contributed by atoms with E-state index in [1.807, 2.05) is 0 Å². The highest BCUT2D eigenvalue weighted by atomic mass is 19.1. The molecule has 6 heteroatoms. The molecule has 0 saturated carbocycles. The first-order valence-electron chi connectivity index (χ1n) is 6.92. The number of aryl methyl sites for hydroxylation is 2. The van der Waals surface area contributed by atoms with Crippen LogP contribution in [-0.4, -0.2) is 15.9 Å². The second kappa shape index (κ2) is 6.98. The lowest BCUT2D eigenvalue weighted by molar-refractivity contribution is -0.144. The van der Waals surface area contributed by atoms with E-state index in [-0.39, 0.29) is 30.8 Å². The molecule has 1 aromatic carbocycles. The fourth-order valence-electron chi connectivity index (χ4n) is 2.09. The van der Waals surface area contributed by atoms with Gasteiger partial charge >= 0.3 is 5.97 Å². The summed E-state index contributed by atoms with van der Waals surface area (Å²) in [7, 11) is 0. The molecule has 2 rings (SSSR count). The molecule has 1 N–H and O–H groups in total. The molecule has 0 bridgehead atoms. The Balaban J connectivity index is 1.88. The number of nitrogens with zero attached hydrogens (tertiary/aromatic N) is 1. The first-order valence-corrected chi connectivity index (χ1v) is 6.92. The zero-order valence-corrected chi connectivity index (χ0v) is 12.5. The van der Waals surface area contributed by atoms with E-state index in [0.29, 0.717) is 22.6 Å². The topological polar surface area (TPSA) is 72.0 Å². The highest BCUT2D eigenvalue weighted by Gasteiger charge is 2.10. The van der Waals surface area contributed by atoms with Crippen LogP contribution in [0.25, 0.3) is 0 Å². The van der Waals surface area contributed by atoms with E-state index in [1.54, 1.807) is 26.0 Å². The molecule has 2 aromatic rings. The molecular formula is C16H17FN2O3. The molecule has 116 valence electrons. The zero-order valence-electron chi connectivity index (χ0n) is 12.5. The summed E-state index contributed by atoms with van der Waals surface area (Å²) in [5.41, 5.74) is 1.59. The number of benzene rings is 1. The number of ether oxygens (including phenoxy) is 1. The lowest BCUT2D eigenvalue weighted by Crippen LogP contribution is -2.19.